The number of hydrogen-bond donors (Lipinski definition) is 0. The molecule has 1 aliphatic rings. The molecule has 3 nitrogen and oxygen atoms in total. The third-order valence-electron chi connectivity index (χ3n) is 5.44. The van der Waals surface area contributed by atoms with Crippen molar-refractivity contribution in [1.82, 2.24) is 0 Å². The third-order valence-corrected chi connectivity index (χ3v) is 5.44. The van der Waals surface area contributed by atoms with E-state index in [1.54, 1.807) is 24.3 Å². The molecule has 1 unspecified atom stereocenters. The maximum absolute atomic E-state index is 12.7. The Morgan fingerprint density at radius 1 is 0.875 bits per heavy atom. The lowest BCUT2D eigenvalue weighted by Crippen LogP contribution is -2.40. The maximum atomic E-state index is 12.7. The Morgan fingerprint density at radius 2 is 1.47 bits per heavy atom. The van der Waals surface area contributed by atoms with Crippen molar-refractivity contribution in [3.63, 3.8) is 0 Å². The van der Waals surface area contributed by atoms with Gasteiger partial charge >= 0.3 is 12.1 Å². The zero-order chi connectivity index (χ0) is 21.8. The lowest BCUT2D eigenvalue weighted by molar-refractivity contribution is -0.137. The van der Waals surface area contributed by atoms with Gasteiger partial charge in [0.25, 0.3) is 0 Å². The molecule has 1 aliphatic heterocycles. The summed E-state index contributed by atoms with van der Waals surface area (Å²) in [5.41, 5.74) is 2.24. The van der Waals surface area contributed by atoms with Crippen LogP contribution in [0.5, 0.6) is 0 Å². The minimum Gasteiger partial charge on any atom is -0.457 e. The monoisotopic (exact) mass is 461 g/mol. The second-order valence-corrected chi connectivity index (χ2v) is 7.60. The van der Waals surface area contributed by atoms with Gasteiger partial charge in [-0.2, -0.15) is 13.2 Å². The first-order valence-electron chi connectivity index (χ1n) is 10.2. The molecule has 0 radical (unpaired) electrons. The average Bonchev–Trinajstić information content (AvgIpc) is 2.79. The topological polar surface area (TPSA) is 29.5 Å². The highest BCUT2D eigenvalue weighted by Gasteiger charge is 2.30. The first kappa shape index (κ1) is 23.7. The number of rotatable bonds is 4. The number of anilines is 1. The van der Waals surface area contributed by atoms with Crippen LogP contribution in [0, 0.1) is 0 Å². The summed E-state index contributed by atoms with van der Waals surface area (Å²) in [7, 11) is 0. The van der Waals surface area contributed by atoms with Crippen LogP contribution >= 0.6 is 12.4 Å². The van der Waals surface area contributed by atoms with Crippen molar-refractivity contribution in [3.8, 4) is 11.1 Å². The fourth-order valence-electron chi connectivity index (χ4n) is 3.78. The van der Waals surface area contributed by atoms with Gasteiger partial charge in [-0.1, -0.05) is 42.5 Å². The maximum Gasteiger partial charge on any atom is 0.416 e. The van der Waals surface area contributed by atoms with Gasteiger partial charge in [0.1, 0.15) is 6.10 Å². The summed E-state index contributed by atoms with van der Waals surface area (Å²) in [6.45, 7) is 1.58. The summed E-state index contributed by atoms with van der Waals surface area (Å²) < 4.78 is 43.9. The molecule has 1 saturated heterocycles. The average molecular weight is 462 g/mol. The number of benzene rings is 3. The van der Waals surface area contributed by atoms with E-state index in [0.29, 0.717) is 17.7 Å². The smallest absolute Gasteiger partial charge is 0.416 e. The Hall–Kier alpha value is -2.99. The Morgan fingerprint density at radius 3 is 2.06 bits per heavy atom. The molecule has 3 aromatic rings. The zero-order valence-corrected chi connectivity index (χ0v) is 18.0. The van der Waals surface area contributed by atoms with Gasteiger partial charge < -0.3 is 9.64 Å². The standard InChI is InChI=1S/C25H22F3NO2.ClH/c26-25(27,28)21-14-12-19(13-15-21)18-8-10-20(11-9-18)24(30)31-23-7-4-16-29(17-23)22-5-2-1-3-6-22;/h1-3,5-6,8-15,23H,4,7,16-17H2;1H. The number of halogens is 4. The molecule has 0 aliphatic carbocycles. The van der Waals surface area contributed by atoms with Gasteiger partial charge in [-0.15, -0.1) is 12.4 Å². The summed E-state index contributed by atoms with van der Waals surface area (Å²) >= 11 is 0. The van der Waals surface area contributed by atoms with Gasteiger partial charge in [0.15, 0.2) is 0 Å². The molecule has 0 amide bonds. The van der Waals surface area contributed by atoms with E-state index in [1.165, 1.54) is 12.1 Å². The second kappa shape index (κ2) is 10.1. The van der Waals surface area contributed by atoms with E-state index >= 15 is 0 Å². The highest BCUT2D eigenvalue weighted by molar-refractivity contribution is 5.90. The largest absolute Gasteiger partial charge is 0.457 e. The normalized spacial score (nSPS) is 16.2. The van der Waals surface area contributed by atoms with Crippen LogP contribution in [0.1, 0.15) is 28.8 Å². The van der Waals surface area contributed by atoms with Crippen molar-refractivity contribution < 1.29 is 22.7 Å². The van der Waals surface area contributed by atoms with Crippen LogP contribution in [0.25, 0.3) is 11.1 Å². The lowest BCUT2D eigenvalue weighted by atomic mass is 10.0. The second-order valence-electron chi connectivity index (χ2n) is 7.60. The molecule has 0 N–H and O–H groups in total. The van der Waals surface area contributed by atoms with Gasteiger partial charge in [-0.05, 0) is 60.4 Å². The molecule has 1 fully saturated rings. The van der Waals surface area contributed by atoms with Gasteiger partial charge in [0.2, 0.25) is 0 Å². The van der Waals surface area contributed by atoms with Gasteiger partial charge in [0.05, 0.1) is 17.7 Å². The number of para-hydroxylation sites is 1. The molecule has 1 atom stereocenters. The van der Waals surface area contributed by atoms with Crippen LogP contribution in [0.15, 0.2) is 78.9 Å². The first-order valence-corrected chi connectivity index (χ1v) is 10.2. The highest BCUT2D eigenvalue weighted by Crippen LogP contribution is 2.31. The molecule has 32 heavy (non-hydrogen) atoms. The Labute approximate surface area is 191 Å². The molecular weight excluding hydrogens is 439 g/mol. The summed E-state index contributed by atoms with van der Waals surface area (Å²) in [5, 5.41) is 0. The predicted molar refractivity (Wildman–Crippen MR) is 121 cm³/mol. The van der Waals surface area contributed by atoms with Crippen molar-refractivity contribution >= 4 is 24.1 Å². The zero-order valence-electron chi connectivity index (χ0n) is 17.2. The van der Waals surface area contributed by atoms with Gasteiger partial charge in [-0.3, -0.25) is 0 Å². The van der Waals surface area contributed by atoms with Crippen LogP contribution in [0.3, 0.4) is 0 Å². The van der Waals surface area contributed by atoms with E-state index in [4.69, 9.17) is 4.74 Å². The lowest BCUT2D eigenvalue weighted by Gasteiger charge is -2.34. The molecule has 0 spiro atoms. The number of piperidine rings is 1. The van der Waals surface area contributed by atoms with Crippen LogP contribution in [0.4, 0.5) is 18.9 Å². The minimum absolute atomic E-state index is 0. The number of carbonyl (C=O) groups excluding carboxylic acids is 1. The highest BCUT2D eigenvalue weighted by atomic mass is 35.5. The van der Waals surface area contributed by atoms with E-state index in [0.717, 1.165) is 42.8 Å². The van der Waals surface area contributed by atoms with Crippen molar-refractivity contribution in [2.45, 2.75) is 25.1 Å². The predicted octanol–water partition coefficient (Wildman–Crippen LogP) is 6.62. The molecule has 7 heteroatoms. The number of esters is 1. The fraction of sp³-hybridized carbons (Fsp3) is 0.240. The number of carbonyl (C=O) groups is 1. The van der Waals surface area contributed by atoms with Gasteiger partial charge in [-0.25, -0.2) is 4.79 Å². The Kier molecular flexibility index (Phi) is 7.46. The first-order chi connectivity index (χ1) is 14.9. The molecular formula is C25H23ClF3NO2. The Balaban J connectivity index is 0.00000289. The number of hydrogen-bond acceptors (Lipinski definition) is 3. The van der Waals surface area contributed by atoms with Crippen molar-refractivity contribution in [3.05, 3.63) is 90.0 Å². The number of ether oxygens (including phenoxy) is 1. The van der Waals surface area contributed by atoms with Gasteiger partial charge in [0, 0.05) is 12.2 Å². The summed E-state index contributed by atoms with van der Waals surface area (Å²) in [4.78, 5) is 14.8. The molecule has 168 valence electrons. The van der Waals surface area contributed by atoms with E-state index in [-0.39, 0.29) is 24.5 Å². The molecule has 1 heterocycles. The summed E-state index contributed by atoms with van der Waals surface area (Å²) in [5.74, 6) is -0.390. The summed E-state index contributed by atoms with van der Waals surface area (Å²) in [6, 6.07) is 21.7. The molecule has 4 rings (SSSR count). The molecule has 0 bridgehead atoms. The molecule has 0 saturated carbocycles. The van der Waals surface area contributed by atoms with E-state index in [2.05, 4.69) is 4.90 Å². The van der Waals surface area contributed by atoms with E-state index in [9.17, 15) is 18.0 Å². The van der Waals surface area contributed by atoms with E-state index < -0.39 is 11.7 Å². The van der Waals surface area contributed by atoms with Crippen LogP contribution in [-0.4, -0.2) is 25.2 Å². The van der Waals surface area contributed by atoms with Crippen molar-refractivity contribution in [1.29, 1.82) is 0 Å². The number of alkyl halides is 3. The quantitative estimate of drug-likeness (QED) is 0.409. The fourth-order valence-corrected chi connectivity index (χ4v) is 3.78. The minimum atomic E-state index is -4.36. The van der Waals surface area contributed by atoms with Crippen LogP contribution in [-0.2, 0) is 10.9 Å². The van der Waals surface area contributed by atoms with Crippen molar-refractivity contribution in [2.24, 2.45) is 0 Å². The van der Waals surface area contributed by atoms with Crippen LogP contribution < -0.4 is 4.90 Å². The van der Waals surface area contributed by atoms with E-state index in [1.807, 2.05) is 30.3 Å². The molecule has 3 aromatic carbocycles. The summed E-state index contributed by atoms with van der Waals surface area (Å²) in [6.07, 6.45) is -2.78. The van der Waals surface area contributed by atoms with Crippen LogP contribution in [0.2, 0.25) is 0 Å². The number of nitrogens with zero attached hydrogens (tertiary/aromatic N) is 1. The third kappa shape index (κ3) is 5.62. The SMILES string of the molecule is Cl.O=C(OC1CCCN(c2ccccc2)C1)c1ccc(-c2ccc(C(F)(F)F)cc2)cc1. The van der Waals surface area contributed by atoms with Crippen molar-refractivity contribution in [2.75, 3.05) is 18.0 Å². The Bertz CT molecular complexity index is 1020. The molecule has 0 aromatic heterocycles.